The van der Waals surface area contributed by atoms with E-state index in [1.807, 2.05) is 30.3 Å². The van der Waals surface area contributed by atoms with Gasteiger partial charge in [-0.1, -0.05) is 43.0 Å². The molecule has 0 radical (unpaired) electrons. The molecule has 0 bridgehead atoms. The van der Waals surface area contributed by atoms with Gasteiger partial charge in [-0.2, -0.15) is 0 Å². The van der Waals surface area contributed by atoms with Crippen LogP contribution in [0, 0.1) is 0 Å². The number of hydrogen-bond donors (Lipinski definition) is 2. The largest absolute Gasteiger partial charge is 0.480 e. The van der Waals surface area contributed by atoms with Gasteiger partial charge < -0.3 is 10.8 Å². The van der Waals surface area contributed by atoms with E-state index < -0.39 is 12.0 Å². The van der Waals surface area contributed by atoms with Gasteiger partial charge in [0, 0.05) is 12.6 Å². The summed E-state index contributed by atoms with van der Waals surface area (Å²) in [5, 5.41) is 16.6. The molecule has 0 aliphatic rings. The Balaban J connectivity index is 0.00000180. The molecule has 0 spiro atoms. The smallest absolute Gasteiger partial charge is 0.320 e. The molecular formula is C13H18N4O2. The number of nitrogens with two attached hydrogens (primary N) is 1. The molecule has 1 aromatic heterocycles. The van der Waals surface area contributed by atoms with Crippen molar-refractivity contribution >= 4 is 5.97 Å². The van der Waals surface area contributed by atoms with Crippen LogP contribution in [0.2, 0.25) is 0 Å². The molecule has 0 saturated heterocycles. The highest BCUT2D eigenvalue weighted by Crippen LogP contribution is 2.03. The summed E-state index contributed by atoms with van der Waals surface area (Å²) in [7, 11) is 0. The first-order valence-corrected chi connectivity index (χ1v) is 5.56. The molecule has 1 heterocycles. The first-order chi connectivity index (χ1) is 8.65. The summed E-state index contributed by atoms with van der Waals surface area (Å²) in [4.78, 5) is 10.6. The predicted octanol–water partition coefficient (Wildman–Crippen LogP) is 0.917. The van der Waals surface area contributed by atoms with Crippen molar-refractivity contribution in [2.75, 3.05) is 0 Å². The summed E-state index contributed by atoms with van der Waals surface area (Å²) in [6, 6.07) is 8.89. The second-order valence-corrected chi connectivity index (χ2v) is 4.04. The number of carboxylic acid groups (broad SMARTS) is 1. The van der Waals surface area contributed by atoms with Gasteiger partial charge in [0.25, 0.3) is 0 Å². The third-order valence-electron chi connectivity index (χ3n) is 2.52. The molecule has 2 rings (SSSR count). The van der Waals surface area contributed by atoms with Gasteiger partial charge in [0.2, 0.25) is 0 Å². The maximum atomic E-state index is 10.6. The molecule has 1 atom stereocenters. The van der Waals surface area contributed by atoms with Gasteiger partial charge >= 0.3 is 5.97 Å². The second kappa shape index (κ2) is 6.65. The predicted molar refractivity (Wildman–Crippen MR) is 71.6 cm³/mol. The van der Waals surface area contributed by atoms with Crippen molar-refractivity contribution in [2.24, 2.45) is 5.73 Å². The maximum absolute atomic E-state index is 10.6. The normalized spacial score (nSPS) is 11.6. The molecule has 0 aliphatic carbocycles. The number of aromatic nitrogens is 3. The average Bonchev–Trinajstić information content (AvgIpc) is 2.77. The van der Waals surface area contributed by atoms with Gasteiger partial charge in [0.15, 0.2) is 0 Å². The van der Waals surface area contributed by atoms with Crippen molar-refractivity contribution in [2.45, 2.75) is 26.4 Å². The summed E-state index contributed by atoms with van der Waals surface area (Å²) in [5.41, 5.74) is 7.13. The summed E-state index contributed by atoms with van der Waals surface area (Å²) < 4.78 is 1.67. The topological polar surface area (TPSA) is 94.0 Å². The van der Waals surface area contributed by atoms with E-state index in [1.165, 1.54) is 0 Å². The molecule has 102 valence electrons. The average molecular weight is 262 g/mol. The van der Waals surface area contributed by atoms with Crippen LogP contribution in [0.4, 0.5) is 0 Å². The van der Waals surface area contributed by atoms with Crippen LogP contribution in [0.5, 0.6) is 0 Å². The Kier molecular flexibility index (Phi) is 5.20. The maximum Gasteiger partial charge on any atom is 0.320 e. The fraction of sp³-hybridized carbons (Fsp3) is 0.308. The van der Waals surface area contributed by atoms with E-state index in [-0.39, 0.29) is 13.8 Å². The molecule has 0 saturated carbocycles. The van der Waals surface area contributed by atoms with Gasteiger partial charge in [-0.05, 0) is 5.56 Å². The van der Waals surface area contributed by atoms with Gasteiger partial charge in [-0.15, -0.1) is 5.10 Å². The van der Waals surface area contributed by atoms with Crippen molar-refractivity contribution in [1.82, 2.24) is 15.0 Å². The van der Waals surface area contributed by atoms with Crippen molar-refractivity contribution in [3.05, 3.63) is 47.8 Å². The highest BCUT2D eigenvalue weighted by atomic mass is 16.4. The van der Waals surface area contributed by atoms with Gasteiger partial charge in [-0.3, -0.25) is 4.79 Å². The first kappa shape index (κ1) is 14.8. The molecule has 0 amide bonds. The molecule has 1 unspecified atom stereocenters. The van der Waals surface area contributed by atoms with E-state index in [0.717, 1.165) is 5.56 Å². The lowest BCUT2D eigenvalue weighted by Gasteiger charge is -2.02. The molecule has 0 aliphatic heterocycles. The SMILES string of the molecule is C.NC(Cc1cn(Cc2ccccc2)nn1)C(=O)O. The van der Waals surface area contributed by atoms with E-state index in [0.29, 0.717) is 12.2 Å². The highest BCUT2D eigenvalue weighted by molar-refractivity contribution is 5.73. The summed E-state index contributed by atoms with van der Waals surface area (Å²) >= 11 is 0. The van der Waals surface area contributed by atoms with Crippen LogP contribution in [0.3, 0.4) is 0 Å². The minimum atomic E-state index is -1.03. The summed E-state index contributed by atoms with van der Waals surface area (Å²) in [6.45, 7) is 0.607. The lowest BCUT2D eigenvalue weighted by Crippen LogP contribution is -2.32. The minimum absolute atomic E-state index is 0. The zero-order valence-electron chi connectivity index (χ0n) is 9.73. The van der Waals surface area contributed by atoms with Crippen LogP contribution in [-0.2, 0) is 17.8 Å². The fourth-order valence-electron chi connectivity index (χ4n) is 1.59. The van der Waals surface area contributed by atoms with Gasteiger partial charge in [0.1, 0.15) is 6.04 Å². The Bertz CT molecular complexity index is 524. The number of aliphatic carboxylic acids is 1. The van der Waals surface area contributed by atoms with Gasteiger partial charge in [0.05, 0.1) is 12.2 Å². The number of carboxylic acids is 1. The Morgan fingerprint density at radius 1 is 1.37 bits per heavy atom. The van der Waals surface area contributed by atoms with E-state index in [1.54, 1.807) is 10.9 Å². The summed E-state index contributed by atoms with van der Waals surface area (Å²) in [6.07, 6.45) is 1.90. The quantitative estimate of drug-likeness (QED) is 0.835. The molecule has 6 heteroatoms. The lowest BCUT2D eigenvalue weighted by atomic mass is 10.2. The third-order valence-corrected chi connectivity index (χ3v) is 2.52. The van der Waals surface area contributed by atoms with Crippen LogP contribution < -0.4 is 5.73 Å². The highest BCUT2D eigenvalue weighted by Gasteiger charge is 2.14. The van der Waals surface area contributed by atoms with Crippen molar-refractivity contribution < 1.29 is 9.90 Å². The Morgan fingerprint density at radius 3 is 2.68 bits per heavy atom. The van der Waals surface area contributed by atoms with E-state index in [4.69, 9.17) is 10.8 Å². The van der Waals surface area contributed by atoms with Crippen molar-refractivity contribution in [3.8, 4) is 0 Å². The monoisotopic (exact) mass is 262 g/mol. The zero-order chi connectivity index (χ0) is 13.0. The van der Waals surface area contributed by atoms with E-state index in [9.17, 15) is 4.79 Å². The van der Waals surface area contributed by atoms with Crippen molar-refractivity contribution in [1.29, 1.82) is 0 Å². The standard InChI is InChI=1S/C12H14N4O2.CH4/c13-11(12(17)18)6-10-8-16(15-14-10)7-9-4-2-1-3-5-9;/h1-5,8,11H,6-7,13H2,(H,17,18);1H4. The fourth-order valence-corrected chi connectivity index (χ4v) is 1.59. The molecule has 3 N–H and O–H groups in total. The number of nitrogens with zero attached hydrogens (tertiary/aromatic N) is 3. The van der Waals surface area contributed by atoms with Crippen LogP contribution in [0.25, 0.3) is 0 Å². The second-order valence-electron chi connectivity index (χ2n) is 4.04. The van der Waals surface area contributed by atoms with Gasteiger partial charge in [-0.25, -0.2) is 4.68 Å². The molecule has 0 fully saturated rings. The Hall–Kier alpha value is -2.21. The van der Waals surface area contributed by atoms with Crippen LogP contribution in [0.1, 0.15) is 18.7 Å². The number of benzene rings is 1. The lowest BCUT2D eigenvalue weighted by molar-refractivity contribution is -0.138. The van der Waals surface area contributed by atoms with E-state index >= 15 is 0 Å². The minimum Gasteiger partial charge on any atom is -0.480 e. The van der Waals surface area contributed by atoms with Crippen LogP contribution >= 0.6 is 0 Å². The Morgan fingerprint density at radius 2 is 2.05 bits per heavy atom. The third kappa shape index (κ3) is 4.18. The van der Waals surface area contributed by atoms with Crippen LogP contribution in [0.15, 0.2) is 36.5 Å². The van der Waals surface area contributed by atoms with Crippen molar-refractivity contribution in [3.63, 3.8) is 0 Å². The molecular weight excluding hydrogens is 244 g/mol. The molecule has 2 aromatic rings. The van der Waals surface area contributed by atoms with E-state index in [2.05, 4.69) is 10.3 Å². The molecule has 1 aromatic carbocycles. The zero-order valence-corrected chi connectivity index (χ0v) is 9.73. The number of rotatable bonds is 5. The number of carbonyl (C=O) groups is 1. The molecule has 6 nitrogen and oxygen atoms in total. The summed E-state index contributed by atoms with van der Waals surface area (Å²) in [5.74, 6) is -1.03. The first-order valence-electron chi connectivity index (χ1n) is 5.56. The Labute approximate surface area is 111 Å². The number of hydrogen-bond acceptors (Lipinski definition) is 4. The van der Waals surface area contributed by atoms with Crippen LogP contribution in [-0.4, -0.2) is 32.1 Å². The molecule has 19 heavy (non-hydrogen) atoms.